The van der Waals surface area contributed by atoms with Crippen LogP contribution in [0.1, 0.15) is 35.7 Å². The predicted molar refractivity (Wildman–Crippen MR) is 111 cm³/mol. The van der Waals surface area contributed by atoms with Crippen LogP contribution in [0, 0.1) is 0 Å². The highest BCUT2D eigenvalue weighted by molar-refractivity contribution is 6.31. The topological polar surface area (TPSA) is 50.8 Å². The van der Waals surface area contributed by atoms with Gasteiger partial charge >= 0.3 is 0 Å². The first-order chi connectivity index (χ1) is 13.6. The molecule has 0 aromatic heterocycles. The fourth-order valence-electron chi connectivity index (χ4n) is 3.55. The minimum atomic E-state index is -0.0982. The van der Waals surface area contributed by atoms with Gasteiger partial charge in [0.05, 0.1) is 7.11 Å². The summed E-state index contributed by atoms with van der Waals surface area (Å²) in [7, 11) is 1.57. The summed E-state index contributed by atoms with van der Waals surface area (Å²) in [5.41, 5.74) is 1.45. The van der Waals surface area contributed by atoms with Gasteiger partial charge in [0.1, 0.15) is 6.61 Å². The van der Waals surface area contributed by atoms with E-state index in [1.165, 1.54) is 6.42 Å². The van der Waals surface area contributed by atoms with Gasteiger partial charge in [0.2, 0.25) is 0 Å². The molecule has 1 saturated heterocycles. The molecule has 1 aliphatic heterocycles. The summed E-state index contributed by atoms with van der Waals surface area (Å²) in [5, 5.41) is 3.70. The predicted octanol–water partition coefficient (Wildman–Crippen LogP) is 4.14. The standard InChI is InChI=1S/C22H27ClN2O3/c1-3-25-12-6-8-18(25)14-24-22(26)16-10-11-20(21(13-16)27-2)28-15-17-7-4-5-9-19(17)23/h4-5,7,9-11,13,18H,3,6,8,12,14-15H2,1-2H3,(H,24,26). The number of carbonyl (C=O) groups is 1. The molecule has 1 aliphatic rings. The number of nitrogens with zero attached hydrogens (tertiary/aromatic N) is 1. The van der Waals surface area contributed by atoms with Crippen molar-refractivity contribution >= 4 is 17.5 Å². The van der Waals surface area contributed by atoms with Crippen molar-refractivity contribution in [2.45, 2.75) is 32.4 Å². The second-order valence-electron chi connectivity index (χ2n) is 6.88. The Labute approximate surface area is 171 Å². The van der Waals surface area contributed by atoms with Gasteiger partial charge in [-0.15, -0.1) is 0 Å². The van der Waals surface area contributed by atoms with Crippen LogP contribution in [0.25, 0.3) is 0 Å². The lowest BCUT2D eigenvalue weighted by Crippen LogP contribution is -2.40. The van der Waals surface area contributed by atoms with Gasteiger partial charge in [0.25, 0.3) is 5.91 Å². The zero-order valence-electron chi connectivity index (χ0n) is 16.4. The van der Waals surface area contributed by atoms with Crippen LogP contribution in [0.4, 0.5) is 0 Å². The van der Waals surface area contributed by atoms with Crippen molar-refractivity contribution in [2.24, 2.45) is 0 Å². The Morgan fingerprint density at radius 3 is 2.82 bits per heavy atom. The van der Waals surface area contributed by atoms with Crippen LogP contribution in [0.15, 0.2) is 42.5 Å². The van der Waals surface area contributed by atoms with Crippen LogP contribution in [0.3, 0.4) is 0 Å². The Morgan fingerprint density at radius 2 is 2.07 bits per heavy atom. The number of ether oxygens (including phenoxy) is 2. The van der Waals surface area contributed by atoms with Crippen LogP contribution < -0.4 is 14.8 Å². The van der Waals surface area contributed by atoms with Crippen LogP contribution in [-0.2, 0) is 6.61 Å². The second kappa shape index (κ2) is 9.80. The van der Waals surface area contributed by atoms with E-state index in [1.54, 1.807) is 25.3 Å². The number of nitrogens with one attached hydrogen (secondary N) is 1. The monoisotopic (exact) mass is 402 g/mol. The van der Waals surface area contributed by atoms with Crippen LogP contribution in [0.2, 0.25) is 5.02 Å². The molecule has 1 unspecified atom stereocenters. The van der Waals surface area contributed by atoms with Gasteiger partial charge in [-0.2, -0.15) is 0 Å². The zero-order chi connectivity index (χ0) is 19.9. The van der Waals surface area contributed by atoms with E-state index < -0.39 is 0 Å². The number of amides is 1. The van der Waals surface area contributed by atoms with E-state index in [-0.39, 0.29) is 5.91 Å². The van der Waals surface area contributed by atoms with Crippen molar-refractivity contribution in [2.75, 3.05) is 26.7 Å². The summed E-state index contributed by atoms with van der Waals surface area (Å²) < 4.78 is 11.3. The molecule has 1 fully saturated rings. The number of carbonyl (C=O) groups excluding carboxylic acids is 1. The lowest BCUT2D eigenvalue weighted by molar-refractivity contribution is 0.0941. The van der Waals surface area contributed by atoms with E-state index in [2.05, 4.69) is 17.1 Å². The maximum atomic E-state index is 12.6. The van der Waals surface area contributed by atoms with E-state index in [4.69, 9.17) is 21.1 Å². The van der Waals surface area contributed by atoms with E-state index in [0.29, 0.717) is 41.3 Å². The number of hydrogen-bond donors (Lipinski definition) is 1. The molecule has 6 heteroatoms. The molecule has 28 heavy (non-hydrogen) atoms. The number of benzene rings is 2. The largest absolute Gasteiger partial charge is 0.493 e. The molecule has 1 atom stereocenters. The number of likely N-dealkylation sites (N-methyl/N-ethyl adjacent to an activating group) is 1. The van der Waals surface area contributed by atoms with Gasteiger partial charge in [0, 0.05) is 28.7 Å². The lowest BCUT2D eigenvalue weighted by Gasteiger charge is -2.23. The second-order valence-corrected chi connectivity index (χ2v) is 7.29. The van der Waals surface area contributed by atoms with Crippen LogP contribution >= 0.6 is 11.6 Å². The zero-order valence-corrected chi connectivity index (χ0v) is 17.2. The third-order valence-electron chi connectivity index (χ3n) is 5.17. The Morgan fingerprint density at radius 1 is 1.25 bits per heavy atom. The molecule has 0 aliphatic carbocycles. The van der Waals surface area contributed by atoms with Crippen molar-refractivity contribution in [3.8, 4) is 11.5 Å². The number of likely N-dealkylation sites (tertiary alicyclic amines) is 1. The van der Waals surface area contributed by atoms with Gasteiger partial charge in [-0.3, -0.25) is 9.69 Å². The molecular formula is C22H27ClN2O3. The van der Waals surface area contributed by atoms with Crippen molar-refractivity contribution in [1.82, 2.24) is 10.2 Å². The molecule has 2 aromatic carbocycles. The molecule has 1 N–H and O–H groups in total. The molecule has 3 rings (SSSR count). The number of hydrogen-bond acceptors (Lipinski definition) is 4. The molecule has 150 valence electrons. The van der Waals surface area contributed by atoms with Gasteiger partial charge in [-0.05, 0) is 50.2 Å². The number of rotatable bonds is 8. The first-order valence-electron chi connectivity index (χ1n) is 9.69. The molecule has 1 amide bonds. The summed E-state index contributed by atoms with van der Waals surface area (Å²) in [4.78, 5) is 15.0. The first kappa shape index (κ1) is 20.5. The molecule has 0 spiro atoms. The number of methoxy groups -OCH3 is 1. The van der Waals surface area contributed by atoms with Gasteiger partial charge in [-0.1, -0.05) is 36.7 Å². The lowest BCUT2D eigenvalue weighted by atomic mass is 10.1. The third kappa shape index (κ3) is 4.97. The minimum absolute atomic E-state index is 0.0982. The van der Waals surface area contributed by atoms with Crippen molar-refractivity contribution in [3.63, 3.8) is 0 Å². The third-order valence-corrected chi connectivity index (χ3v) is 5.54. The fourth-order valence-corrected chi connectivity index (χ4v) is 3.74. The van der Waals surface area contributed by atoms with Crippen molar-refractivity contribution < 1.29 is 14.3 Å². The summed E-state index contributed by atoms with van der Waals surface area (Å²) in [6.07, 6.45) is 2.33. The normalized spacial score (nSPS) is 16.8. The summed E-state index contributed by atoms with van der Waals surface area (Å²) in [6.45, 7) is 5.29. The van der Waals surface area contributed by atoms with Crippen molar-refractivity contribution in [1.29, 1.82) is 0 Å². The Bertz CT molecular complexity index is 812. The maximum Gasteiger partial charge on any atom is 0.251 e. The molecular weight excluding hydrogens is 376 g/mol. The SMILES string of the molecule is CCN1CCCC1CNC(=O)c1ccc(OCc2ccccc2Cl)c(OC)c1. The summed E-state index contributed by atoms with van der Waals surface area (Å²) in [6, 6.07) is 13.2. The highest BCUT2D eigenvalue weighted by Gasteiger charge is 2.23. The maximum absolute atomic E-state index is 12.6. The average molecular weight is 403 g/mol. The van der Waals surface area contributed by atoms with Gasteiger partial charge in [-0.25, -0.2) is 0 Å². The smallest absolute Gasteiger partial charge is 0.251 e. The first-order valence-corrected chi connectivity index (χ1v) is 10.1. The Hall–Kier alpha value is -2.24. The van der Waals surface area contributed by atoms with E-state index in [1.807, 2.05) is 24.3 Å². The molecule has 5 nitrogen and oxygen atoms in total. The van der Waals surface area contributed by atoms with Crippen molar-refractivity contribution in [3.05, 3.63) is 58.6 Å². The Balaban J connectivity index is 1.62. The molecule has 0 saturated carbocycles. The number of halogens is 1. The van der Waals surface area contributed by atoms with E-state index in [9.17, 15) is 4.79 Å². The van der Waals surface area contributed by atoms with Gasteiger partial charge < -0.3 is 14.8 Å². The molecule has 0 bridgehead atoms. The highest BCUT2D eigenvalue weighted by Crippen LogP contribution is 2.29. The van der Waals surface area contributed by atoms with E-state index >= 15 is 0 Å². The molecule has 0 radical (unpaired) electrons. The summed E-state index contributed by atoms with van der Waals surface area (Å²) in [5.74, 6) is 1.00. The minimum Gasteiger partial charge on any atom is -0.493 e. The fraction of sp³-hybridized carbons (Fsp3) is 0.409. The Kier molecular flexibility index (Phi) is 7.18. The average Bonchev–Trinajstić information content (AvgIpc) is 3.19. The van der Waals surface area contributed by atoms with Gasteiger partial charge in [0.15, 0.2) is 11.5 Å². The summed E-state index contributed by atoms with van der Waals surface area (Å²) >= 11 is 6.17. The quantitative estimate of drug-likeness (QED) is 0.720. The molecule has 1 heterocycles. The van der Waals surface area contributed by atoms with E-state index in [0.717, 1.165) is 25.1 Å². The van der Waals surface area contributed by atoms with Crippen LogP contribution in [0.5, 0.6) is 11.5 Å². The molecule has 2 aromatic rings. The van der Waals surface area contributed by atoms with Crippen LogP contribution in [-0.4, -0.2) is 43.6 Å². The highest BCUT2D eigenvalue weighted by atomic mass is 35.5.